The predicted octanol–water partition coefficient (Wildman–Crippen LogP) is 6.62. The van der Waals surface area contributed by atoms with Crippen molar-refractivity contribution in [2.45, 2.75) is 51.2 Å². The summed E-state index contributed by atoms with van der Waals surface area (Å²) in [5.74, 6) is 1.11. The second-order valence-electron chi connectivity index (χ2n) is 9.44. The fraction of sp³-hybridized carbons (Fsp3) is 0.333. The zero-order valence-corrected chi connectivity index (χ0v) is 19.2. The third kappa shape index (κ3) is 3.71. The van der Waals surface area contributed by atoms with Crippen LogP contribution in [-0.2, 0) is 4.74 Å². The van der Waals surface area contributed by atoms with Crippen LogP contribution in [0.15, 0.2) is 59.3 Å². The zero-order chi connectivity index (χ0) is 23.2. The lowest BCUT2D eigenvalue weighted by molar-refractivity contribution is 0.108. The lowest BCUT2D eigenvalue weighted by atomic mass is 9.92. The molecule has 4 aromatic rings. The normalized spacial score (nSPS) is 16.9. The number of nitrogen functional groups attached to an aromatic ring is 1. The van der Waals surface area contributed by atoms with E-state index in [1.807, 2.05) is 37.3 Å². The van der Waals surface area contributed by atoms with Crippen molar-refractivity contribution >= 4 is 28.4 Å². The van der Waals surface area contributed by atoms with Gasteiger partial charge in [-0.05, 0) is 75.3 Å². The summed E-state index contributed by atoms with van der Waals surface area (Å²) in [4.78, 5) is 16.5. The van der Waals surface area contributed by atoms with Crippen LogP contribution < -0.4 is 11.1 Å². The van der Waals surface area contributed by atoms with Crippen LogP contribution in [0.2, 0.25) is 0 Å². The van der Waals surface area contributed by atoms with Crippen molar-refractivity contribution in [3.63, 3.8) is 0 Å². The first kappa shape index (κ1) is 20.8. The van der Waals surface area contributed by atoms with Gasteiger partial charge in [0.25, 0.3) is 0 Å². The lowest BCUT2D eigenvalue weighted by Gasteiger charge is -2.30. The summed E-state index contributed by atoms with van der Waals surface area (Å²) in [6.07, 6.45) is 8.54. The minimum absolute atomic E-state index is 0.0430. The van der Waals surface area contributed by atoms with E-state index < -0.39 is 6.09 Å². The summed E-state index contributed by atoms with van der Waals surface area (Å²) >= 11 is 0. The molecule has 3 N–H and O–H groups in total. The van der Waals surface area contributed by atoms with Crippen molar-refractivity contribution in [1.82, 2.24) is 9.55 Å². The standard InChI is InChI=1S/C27H28N4O3/c1-16(17-5-6-17)34-27(32)30-20-10-7-18(8-11-20)25-24(28)22-12-9-19(26-29-13-14-33-26)15-23(22)31(25)21-3-2-4-21/h7-17,21H,2-6,28H2,1H3,(H,30,32)/t16-/m1/s1. The van der Waals surface area contributed by atoms with Crippen LogP contribution in [0.5, 0.6) is 0 Å². The largest absolute Gasteiger partial charge is 0.446 e. The Morgan fingerprint density at radius 1 is 1.15 bits per heavy atom. The first-order valence-electron chi connectivity index (χ1n) is 12.0. The predicted molar refractivity (Wildman–Crippen MR) is 132 cm³/mol. The number of ether oxygens (including phenoxy) is 1. The molecule has 2 aromatic heterocycles. The van der Waals surface area contributed by atoms with Gasteiger partial charge in [-0.3, -0.25) is 5.32 Å². The van der Waals surface area contributed by atoms with Crippen molar-refractivity contribution < 1.29 is 13.9 Å². The monoisotopic (exact) mass is 456 g/mol. The molecule has 2 fully saturated rings. The Balaban J connectivity index is 1.33. The molecule has 0 radical (unpaired) electrons. The molecule has 2 aliphatic carbocycles. The number of rotatable bonds is 6. The third-order valence-electron chi connectivity index (χ3n) is 7.15. The Kier molecular flexibility index (Phi) is 5.05. The Morgan fingerprint density at radius 3 is 2.56 bits per heavy atom. The van der Waals surface area contributed by atoms with Gasteiger partial charge in [0.1, 0.15) is 12.4 Å². The molecule has 7 heteroatoms. The third-order valence-corrected chi connectivity index (χ3v) is 7.15. The highest BCUT2D eigenvalue weighted by Gasteiger charge is 2.31. The molecule has 2 aliphatic rings. The van der Waals surface area contributed by atoms with Crippen molar-refractivity contribution in [2.75, 3.05) is 11.1 Å². The number of oxazole rings is 1. The Bertz CT molecular complexity index is 1330. The van der Waals surface area contributed by atoms with Gasteiger partial charge in [-0.1, -0.05) is 12.1 Å². The quantitative estimate of drug-likeness (QED) is 0.340. The summed E-state index contributed by atoms with van der Waals surface area (Å²) in [7, 11) is 0. The van der Waals surface area contributed by atoms with E-state index >= 15 is 0 Å². The van der Waals surface area contributed by atoms with Gasteiger partial charge in [0.05, 0.1) is 23.1 Å². The number of nitrogens with one attached hydrogen (secondary N) is 1. The Hall–Kier alpha value is -3.74. The highest BCUT2D eigenvalue weighted by atomic mass is 16.6. The van der Waals surface area contributed by atoms with Gasteiger partial charge in [0.15, 0.2) is 0 Å². The minimum Gasteiger partial charge on any atom is -0.446 e. The molecule has 2 aromatic carbocycles. The fourth-order valence-corrected chi connectivity index (χ4v) is 4.84. The zero-order valence-electron chi connectivity index (χ0n) is 19.2. The SMILES string of the molecule is C[C@@H](OC(=O)Nc1ccc(-c2c(N)c3ccc(-c4ncco4)cc3n2C2CCC2)cc1)C1CC1. The molecular formula is C27H28N4O3. The number of carbonyl (C=O) groups is 1. The molecule has 34 heavy (non-hydrogen) atoms. The van der Waals surface area contributed by atoms with E-state index in [9.17, 15) is 4.79 Å². The van der Waals surface area contributed by atoms with Crippen LogP contribution in [0, 0.1) is 5.92 Å². The number of hydrogen-bond donors (Lipinski definition) is 2. The highest BCUT2D eigenvalue weighted by molar-refractivity contribution is 6.02. The van der Waals surface area contributed by atoms with Gasteiger partial charge in [-0.15, -0.1) is 0 Å². The van der Waals surface area contributed by atoms with Gasteiger partial charge < -0.3 is 19.5 Å². The van der Waals surface area contributed by atoms with Crippen molar-refractivity contribution in [1.29, 1.82) is 0 Å². The van der Waals surface area contributed by atoms with E-state index in [1.54, 1.807) is 12.5 Å². The molecule has 0 bridgehead atoms. The van der Waals surface area contributed by atoms with Gasteiger partial charge in [-0.2, -0.15) is 0 Å². The van der Waals surface area contributed by atoms with E-state index in [2.05, 4.69) is 27.0 Å². The number of amides is 1. The lowest BCUT2D eigenvalue weighted by Crippen LogP contribution is -2.21. The van der Waals surface area contributed by atoms with Crippen LogP contribution in [0.4, 0.5) is 16.2 Å². The van der Waals surface area contributed by atoms with Crippen LogP contribution in [0.25, 0.3) is 33.6 Å². The molecule has 1 atom stereocenters. The van der Waals surface area contributed by atoms with Crippen LogP contribution in [0.3, 0.4) is 0 Å². The number of fused-ring (bicyclic) bond motifs is 1. The molecule has 1 amide bonds. The number of hydrogen-bond acceptors (Lipinski definition) is 5. The fourth-order valence-electron chi connectivity index (χ4n) is 4.84. The maximum atomic E-state index is 12.2. The van der Waals surface area contributed by atoms with Crippen molar-refractivity contribution in [2.24, 2.45) is 5.92 Å². The summed E-state index contributed by atoms with van der Waals surface area (Å²) in [6, 6.07) is 14.4. The molecule has 2 saturated carbocycles. The first-order chi connectivity index (χ1) is 16.6. The minimum atomic E-state index is -0.408. The van der Waals surface area contributed by atoms with Gasteiger partial charge in [-0.25, -0.2) is 9.78 Å². The number of benzene rings is 2. The van der Waals surface area contributed by atoms with E-state index in [0.29, 0.717) is 23.5 Å². The van der Waals surface area contributed by atoms with Crippen molar-refractivity contribution in [3.8, 4) is 22.7 Å². The number of nitrogens with zero attached hydrogens (tertiary/aromatic N) is 2. The Morgan fingerprint density at radius 2 is 1.91 bits per heavy atom. The number of nitrogens with two attached hydrogens (primary N) is 1. The molecule has 2 heterocycles. The van der Waals surface area contributed by atoms with Crippen molar-refractivity contribution in [3.05, 3.63) is 54.9 Å². The van der Waals surface area contributed by atoms with Gasteiger partial charge in [0.2, 0.25) is 5.89 Å². The topological polar surface area (TPSA) is 95.3 Å². The second kappa shape index (κ2) is 8.24. The van der Waals surface area contributed by atoms with E-state index in [4.69, 9.17) is 14.9 Å². The van der Waals surface area contributed by atoms with Gasteiger partial charge in [0, 0.05) is 28.2 Å². The maximum Gasteiger partial charge on any atom is 0.411 e. The molecule has 0 saturated heterocycles. The maximum absolute atomic E-state index is 12.2. The Labute approximate surface area is 197 Å². The number of carbonyl (C=O) groups excluding carboxylic acids is 1. The van der Waals surface area contributed by atoms with E-state index in [1.165, 1.54) is 6.42 Å². The smallest absolute Gasteiger partial charge is 0.411 e. The highest BCUT2D eigenvalue weighted by Crippen LogP contribution is 2.45. The van der Waals surface area contributed by atoms with E-state index in [0.717, 1.165) is 59.1 Å². The first-order valence-corrected chi connectivity index (χ1v) is 12.0. The summed E-state index contributed by atoms with van der Waals surface area (Å²) < 4.78 is 13.4. The van der Waals surface area contributed by atoms with Gasteiger partial charge >= 0.3 is 6.09 Å². The average molecular weight is 457 g/mol. The average Bonchev–Trinajstić information content (AvgIpc) is 3.44. The number of anilines is 2. The number of aromatic nitrogens is 2. The molecular weight excluding hydrogens is 428 g/mol. The van der Waals surface area contributed by atoms with Crippen LogP contribution in [-0.4, -0.2) is 21.7 Å². The molecule has 7 nitrogen and oxygen atoms in total. The molecule has 0 aliphatic heterocycles. The van der Waals surface area contributed by atoms with Crippen LogP contribution in [0.1, 0.15) is 45.1 Å². The summed E-state index contributed by atoms with van der Waals surface area (Å²) in [6.45, 7) is 1.95. The van der Waals surface area contributed by atoms with E-state index in [-0.39, 0.29) is 6.10 Å². The summed E-state index contributed by atoms with van der Waals surface area (Å²) in [5, 5.41) is 3.87. The molecule has 0 spiro atoms. The second-order valence-corrected chi connectivity index (χ2v) is 9.44. The summed E-state index contributed by atoms with van der Waals surface area (Å²) in [5.41, 5.74) is 12.2. The molecule has 6 rings (SSSR count). The van der Waals surface area contributed by atoms with Crippen LogP contribution >= 0.6 is 0 Å². The molecule has 174 valence electrons. The molecule has 0 unspecified atom stereocenters.